The molecule has 1 atom stereocenters. The van der Waals surface area contributed by atoms with Crippen LogP contribution >= 0.6 is 11.8 Å². The molecule has 1 aliphatic rings. The molecule has 26 heavy (non-hydrogen) atoms. The Hall–Kier alpha value is -2.22. The highest BCUT2D eigenvalue weighted by atomic mass is 32.2. The largest absolute Gasteiger partial charge is 0.355 e. The number of aromatic nitrogens is 4. The highest BCUT2D eigenvalue weighted by Gasteiger charge is 2.19. The van der Waals surface area contributed by atoms with Crippen LogP contribution < -0.4 is 5.32 Å². The van der Waals surface area contributed by atoms with Gasteiger partial charge in [-0.05, 0) is 67.7 Å². The van der Waals surface area contributed by atoms with Crippen molar-refractivity contribution in [3.63, 3.8) is 0 Å². The van der Waals surface area contributed by atoms with E-state index in [0.717, 1.165) is 19.3 Å². The molecule has 0 fully saturated rings. The van der Waals surface area contributed by atoms with Crippen LogP contribution in [0.3, 0.4) is 0 Å². The third-order valence-corrected chi connectivity index (χ3v) is 5.31. The fourth-order valence-corrected chi connectivity index (χ4v) is 3.69. The van der Waals surface area contributed by atoms with E-state index in [0.29, 0.717) is 17.4 Å². The van der Waals surface area contributed by atoms with Crippen molar-refractivity contribution >= 4 is 17.7 Å². The molecule has 0 bridgehead atoms. The van der Waals surface area contributed by atoms with Gasteiger partial charge in [-0.3, -0.25) is 4.79 Å². The Balaban J connectivity index is 1.54. The van der Waals surface area contributed by atoms with Gasteiger partial charge in [-0.1, -0.05) is 29.5 Å². The second-order valence-electron chi connectivity index (χ2n) is 6.26. The van der Waals surface area contributed by atoms with Crippen LogP contribution in [0.25, 0.3) is 5.69 Å². The lowest BCUT2D eigenvalue weighted by atomic mass is 9.97. The van der Waals surface area contributed by atoms with Crippen LogP contribution in [0.4, 0.5) is 4.39 Å². The van der Waals surface area contributed by atoms with E-state index in [2.05, 4.69) is 26.9 Å². The summed E-state index contributed by atoms with van der Waals surface area (Å²) in [6.45, 7) is 2.45. The number of hydrogen-bond acceptors (Lipinski definition) is 5. The van der Waals surface area contributed by atoms with Gasteiger partial charge in [0.15, 0.2) is 0 Å². The summed E-state index contributed by atoms with van der Waals surface area (Å²) in [6.07, 6.45) is 8.00. The number of amides is 1. The number of carbonyl (C=O) groups excluding carboxylic acids is 1. The molecule has 6 nitrogen and oxygen atoms in total. The number of thioether (sulfide) groups is 1. The fourth-order valence-electron chi connectivity index (χ4n) is 2.86. The summed E-state index contributed by atoms with van der Waals surface area (Å²) in [7, 11) is 0. The second-order valence-corrected chi connectivity index (χ2v) is 7.57. The molecule has 3 rings (SSSR count). The molecule has 1 heterocycles. The smallest absolute Gasteiger partial charge is 0.233 e. The Morgan fingerprint density at radius 3 is 3.08 bits per heavy atom. The fraction of sp³-hybridized carbons (Fsp3) is 0.444. The van der Waals surface area contributed by atoms with Crippen LogP contribution in [0.2, 0.25) is 0 Å². The number of benzene rings is 1. The zero-order valence-corrected chi connectivity index (χ0v) is 15.5. The van der Waals surface area contributed by atoms with Gasteiger partial charge in [-0.15, -0.1) is 5.10 Å². The third-order valence-electron chi connectivity index (χ3n) is 4.28. The number of hydrogen-bond donors (Lipinski definition) is 1. The van der Waals surface area contributed by atoms with E-state index in [4.69, 9.17) is 0 Å². The molecular weight excluding hydrogens is 353 g/mol. The van der Waals surface area contributed by atoms with Gasteiger partial charge in [0.2, 0.25) is 11.1 Å². The predicted molar refractivity (Wildman–Crippen MR) is 98.6 cm³/mol. The molecule has 1 N–H and O–H groups in total. The van der Waals surface area contributed by atoms with Crippen LogP contribution in [0, 0.1) is 5.82 Å². The number of carbonyl (C=O) groups is 1. The van der Waals surface area contributed by atoms with E-state index in [1.165, 1.54) is 47.0 Å². The molecule has 0 aliphatic heterocycles. The first-order valence-corrected chi connectivity index (χ1v) is 9.68. The molecule has 0 radical (unpaired) electrons. The van der Waals surface area contributed by atoms with Gasteiger partial charge in [0, 0.05) is 6.54 Å². The van der Waals surface area contributed by atoms with E-state index >= 15 is 0 Å². The van der Waals surface area contributed by atoms with Gasteiger partial charge in [0.05, 0.1) is 10.9 Å². The Morgan fingerprint density at radius 2 is 2.31 bits per heavy atom. The van der Waals surface area contributed by atoms with Gasteiger partial charge >= 0.3 is 0 Å². The van der Waals surface area contributed by atoms with Crippen LogP contribution in [0.15, 0.2) is 41.1 Å². The van der Waals surface area contributed by atoms with Crippen molar-refractivity contribution in [3.8, 4) is 5.69 Å². The number of nitrogens with zero attached hydrogens (tertiary/aromatic N) is 4. The molecule has 138 valence electrons. The molecule has 1 aromatic heterocycles. The maximum absolute atomic E-state index is 13.4. The molecule has 0 unspecified atom stereocenters. The van der Waals surface area contributed by atoms with Crippen molar-refractivity contribution in [1.82, 2.24) is 25.5 Å². The molecule has 0 spiro atoms. The average Bonchev–Trinajstić information content (AvgIpc) is 3.10. The lowest BCUT2D eigenvalue weighted by molar-refractivity contribution is -0.120. The van der Waals surface area contributed by atoms with E-state index < -0.39 is 0 Å². The van der Waals surface area contributed by atoms with E-state index in [1.807, 2.05) is 6.92 Å². The van der Waals surface area contributed by atoms with Gasteiger partial charge in [0.25, 0.3) is 0 Å². The Kier molecular flexibility index (Phi) is 6.38. The zero-order chi connectivity index (χ0) is 18.4. The van der Waals surface area contributed by atoms with Crippen molar-refractivity contribution in [2.75, 3.05) is 6.54 Å². The maximum Gasteiger partial charge on any atom is 0.233 e. The van der Waals surface area contributed by atoms with Gasteiger partial charge in [-0.25, -0.2) is 4.39 Å². The third kappa shape index (κ3) is 4.91. The second kappa shape index (κ2) is 8.93. The van der Waals surface area contributed by atoms with Crippen molar-refractivity contribution in [2.45, 2.75) is 49.4 Å². The predicted octanol–water partition coefficient (Wildman–Crippen LogP) is 3.29. The Labute approximate surface area is 156 Å². The number of rotatable bonds is 7. The average molecular weight is 375 g/mol. The van der Waals surface area contributed by atoms with Gasteiger partial charge in [0.1, 0.15) is 5.82 Å². The summed E-state index contributed by atoms with van der Waals surface area (Å²) < 4.78 is 14.9. The first kappa shape index (κ1) is 18.6. The van der Waals surface area contributed by atoms with Crippen LogP contribution in [-0.4, -0.2) is 37.9 Å². The lowest BCUT2D eigenvalue weighted by Gasteiger charge is -2.14. The van der Waals surface area contributed by atoms with Crippen LogP contribution in [0.5, 0.6) is 0 Å². The zero-order valence-electron chi connectivity index (χ0n) is 14.7. The number of allylic oxidation sites excluding steroid dienone is 1. The number of tetrazole rings is 1. The maximum atomic E-state index is 13.4. The summed E-state index contributed by atoms with van der Waals surface area (Å²) in [4.78, 5) is 12.3. The molecular formula is C18H22FN5OS. The topological polar surface area (TPSA) is 72.7 Å². The van der Waals surface area contributed by atoms with Crippen molar-refractivity contribution < 1.29 is 9.18 Å². The summed E-state index contributed by atoms with van der Waals surface area (Å²) in [5, 5.41) is 14.6. The minimum atomic E-state index is -0.364. The number of nitrogens with one attached hydrogen (secondary N) is 1. The molecule has 1 amide bonds. The van der Waals surface area contributed by atoms with E-state index in [1.54, 1.807) is 12.1 Å². The highest BCUT2D eigenvalue weighted by Crippen LogP contribution is 2.23. The van der Waals surface area contributed by atoms with Gasteiger partial charge in [-0.2, -0.15) is 4.68 Å². The van der Waals surface area contributed by atoms with E-state index in [9.17, 15) is 9.18 Å². The van der Waals surface area contributed by atoms with E-state index in [-0.39, 0.29) is 17.0 Å². The highest BCUT2D eigenvalue weighted by molar-refractivity contribution is 8.00. The van der Waals surface area contributed by atoms with Gasteiger partial charge < -0.3 is 5.32 Å². The Bertz CT molecular complexity index is 791. The molecule has 1 aromatic carbocycles. The quantitative estimate of drug-likeness (QED) is 0.594. The monoisotopic (exact) mass is 375 g/mol. The van der Waals surface area contributed by atoms with Crippen molar-refractivity contribution in [1.29, 1.82) is 0 Å². The molecule has 0 saturated heterocycles. The summed E-state index contributed by atoms with van der Waals surface area (Å²) in [5.41, 5.74) is 1.96. The van der Waals surface area contributed by atoms with Crippen molar-refractivity contribution in [3.05, 3.63) is 41.7 Å². The summed E-state index contributed by atoms with van der Waals surface area (Å²) >= 11 is 1.25. The normalized spacial score (nSPS) is 15.4. The van der Waals surface area contributed by atoms with Crippen molar-refractivity contribution in [2.24, 2.45) is 0 Å². The SMILES string of the molecule is C[C@@H](Sc1nnnn1-c1cccc(F)c1)C(=O)NCCC1=CCCCC1. The van der Waals surface area contributed by atoms with Crippen LogP contribution in [-0.2, 0) is 4.79 Å². The standard InChI is InChI=1S/C18H22FN5OS/c1-13(17(25)20-11-10-14-6-3-2-4-7-14)26-18-21-22-23-24(18)16-9-5-8-15(19)12-16/h5-6,8-9,12-13H,2-4,7,10-11H2,1H3,(H,20,25)/t13-/m1/s1. The summed E-state index contributed by atoms with van der Waals surface area (Å²) in [5.74, 6) is -0.419. The minimum Gasteiger partial charge on any atom is -0.355 e. The molecule has 1 aliphatic carbocycles. The minimum absolute atomic E-state index is 0.0554. The Morgan fingerprint density at radius 1 is 1.42 bits per heavy atom. The van der Waals surface area contributed by atoms with Crippen LogP contribution in [0.1, 0.15) is 39.0 Å². The lowest BCUT2D eigenvalue weighted by Crippen LogP contribution is -2.32. The molecule has 8 heteroatoms. The molecule has 0 saturated carbocycles. The number of halogens is 1. The first-order chi connectivity index (χ1) is 12.6. The first-order valence-electron chi connectivity index (χ1n) is 8.80. The molecule has 2 aromatic rings. The summed E-state index contributed by atoms with van der Waals surface area (Å²) in [6, 6.07) is 6.02.